The van der Waals surface area contributed by atoms with Crippen LogP contribution in [0.5, 0.6) is 0 Å². The molecule has 7 heteroatoms. The van der Waals surface area contributed by atoms with Crippen molar-refractivity contribution in [3.05, 3.63) is 23.4 Å². The van der Waals surface area contributed by atoms with Crippen molar-refractivity contribution in [3.8, 4) is 0 Å². The highest BCUT2D eigenvalue weighted by Gasteiger charge is 2.32. The minimum absolute atomic E-state index is 0.0202. The Bertz CT molecular complexity index is 679. The number of aryl methyl sites for hydroxylation is 2. The van der Waals surface area contributed by atoms with Gasteiger partial charge in [0, 0.05) is 37.9 Å². The lowest BCUT2D eigenvalue weighted by Crippen LogP contribution is -2.39. The number of ether oxygens (including phenoxy) is 1. The van der Waals surface area contributed by atoms with Gasteiger partial charge in [0.2, 0.25) is 0 Å². The van der Waals surface area contributed by atoms with E-state index in [0.717, 1.165) is 43.7 Å². The Morgan fingerprint density at radius 2 is 2.22 bits per heavy atom. The monoisotopic (exact) mass is 374 g/mol. The number of aromatic nitrogens is 1. The molecule has 148 valence electrons. The van der Waals surface area contributed by atoms with Crippen molar-refractivity contribution in [2.75, 3.05) is 38.1 Å². The van der Waals surface area contributed by atoms with Gasteiger partial charge in [-0.1, -0.05) is 6.07 Å². The van der Waals surface area contributed by atoms with Crippen molar-refractivity contribution >= 4 is 17.8 Å². The third-order valence-corrected chi connectivity index (χ3v) is 5.24. The molecule has 1 aromatic heterocycles. The molecule has 2 aliphatic rings. The van der Waals surface area contributed by atoms with Gasteiger partial charge in [-0.2, -0.15) is 0 Å². The molecule has 2 aliphatic heterocycles. The van der Waals surface area contributed by atoms with Crippen LogP contribution in [-0.2, 0) is 22.4 Å². The number of nitrogens with one attached hydrogen (secondary N) is 1. The molecule has 27 heavy (non-hydrogen) atoms. The zero-order valence-electron chi connectivity index (χ0n) is 16.4. The van der Waals surface area contributed by atoms with E-state index in [4.69, 9.17) is 9.72 Å². The third kappa shape index (κ3) is 4.90. The second-order valence-electron chi connectivity index (χ2n) is 7.27. The van der Waals surface area contributed by atoms with Crippen LogP contribution in [0.25, 0.3) is 0 Å². The molecule has 0 radical (unpaired) electrons. The Hall–Kier alpha value is -2.31. The number of rotatable bonds is 8. The first-order chi connectivity index (χ1) is 13.1. The molecule has 1 N–H and O–H groups in total. The minimum atomic E-state index is -0.247. The lowest BCUT2D eigenvalue weighted by atomic mass is 10.1. The van der Waals surface area contributed by atoms with E-state index in [1.165, 1.54) is 5.56 Å². The van der Waals surface area contributed by atoms with Crippen LogP contribution in [0.1, 0.15) is 44.4 Å². The fourth-order valence-corrected chi connectivity index (χ4v) is 3.75. The molecule has 0 aromatic carbocycles. The maximum absolute atomic E-state index is 12.6. The van der Waals surface area contributed by atoms with Crippen molar-refractivity contribution < 1.29 is 14.3 Å². The zero-order valence-corrected chi connectivity index (χ0v) is 16.4. The fraction of sp³-hybridized carbons (Fsp3) is 0.650. The van der Waals surface area contributed by atoms with Gasteiger partial charge in [0.15, 0.2) is 0 Å². The van der Waals surface area contributed by atoms with E-state index < -0.39 is 0 Å². The van der Waals surface area contributed by atoms with Gasteiger partial charge in [0.05, 0.1) is 13.0 Å². The van der Waals surface area contributed by atoms with Crippen LogP contribution < -0.4 is 5.32 Å². The molecule has 0 saturated carbocycles. The van der Waals surface area contributed by atoms with Crippen LogP contribution in [0.2, 0.25) is 0 Å². The van der Waals surface area contributed by atoms with E-state index in [9.17, 15) is 9.59 Å². The highest BCUT2D eigenvalue weighted by molar-refractivity contribution is 5.78. The number of nitrogens with zero attached hydrogens (tertiary/aromatic N) is 3. The number of amides is 2. The summed E-state index contributed by atoms with van der Waals surface area (Å²) in [5.41, 5.74) is 2.37. The second kappa shape index (κ2) is 9.06. The number of hydrogen-bond donors (Lipinski definition) is 1. The summed E-state index contributed by atoms with van der Waals surface area (Å²) >= 11 is 0. The smallest absolute Gasteiger partial charge is 0.320 e. The van der Waals surface area contributed by atoms with Gasteiger partial charge in [-0.3, -0.25) is 4.79 Å². The van der Waals surface area contributed by atoms with Crippen molar-refractivity contribution in [3.63, 3.8) is 0 Å². The average molecular weight is 374 g/mol. The van der Waals surface area contributed by atoms with Crippen LogP contribution in [0, 0.1) is 0 Å². The molecule has 0 spiro atoms. The highest BCUT2D eigenvalue weighted by atomic mass is 16.5. The Labute approximate surface area is 161 Å². The maximum Gasteiger partial charge on any atom is 0.320 e. The predicted molar refractivity (Wildman–Crippen MR) is 104 cm³/mol. The SMILES string of the molecule is CCOC(=O)C[C@@H](C)N1CCN(CCCc2ccc3c(n2)NCCC3)C1=O. The number of carbonyl (C=O) groups excluding carboxylic acids is 2. The summed E-state index contributed by atoms with van der Waals surface area (Å²) in [7, 11) is 0. The minimum Gasteiger partial charge on any atom is -0.466 e. The molecule has 2 amide bonds. The summed E-state index contributed by atoms with van der Waals surface area (Å²) < 4.78 is 4.98. The second-order valence-corrected chi connectivity index (χ2v) is 7.27. The molecule has 7 nitrogen and oxygen atoms in total. The lowest BCUT2D eigenvalue weighted by Gasteiger charge is -2.24. The van der Waals surface area contributed by atoms with Crippen LogP contribution in [-0.4, -0.2) is 65.6 Å². The van der Waals surface area contributed by atoms with Gasteiger partial charge in [-0.25, -0.2) is 9.78 Å². The summed E-state index contributed by atoms with van der Waals surface area (Å²) in [4.78, 5) is 32.6. The summed E-state index contributed by atoms with van der Waals surface area (Å²) in [6.07, 6.45) is 4.25. The molecule has 1 aromatic rings. The maximum atomic E-state index is 12.6. The quantitative estimate of drug-likeness (QED) is 0.708. The molecule has 1 saturated heterocycles. The van der Waals surface area contributed by atoms with Crippen molar-refractivity contribution in [1.82, 2.24) is 14.8 Å². The van der Waals surface area contributed by atoms with Gasteiger partial charge in [0.25, 0.3) is 0 Å². The van der Waals surface area contributed by atoms with E-state index in [0.29, 0.717) is 26.2 Å². The van der Waals surface area contributed by atoms with E-state index in [-0.39, 0.29) is 24.5 Å². The molecule has 3 rings (SSSR count). The number of esters is 1. The highest BCUT2D eigenvalue weighted by Crippen LogP contribution is 2.20. The Morgan fingerprint density at radius 3 is 3.04 bits per heavy atom. The molecule has 0 bridgehead atoms. The largest absolute Gasteiger partial charge is 0.466 e. The number of anilines is 1. The normalized spacial score (nSPS) is 17.5. The molecule has 1 fully saturated rings. The molecular formula is C20H30N4O3. The summed E-state index contributed by atoms with van der Waals surface area (Å²) in [5, 5.41) is 3.36. The van der Waals surface area contributed by atoms with Gasteiger partial charge in [-0.15, -0.1) is 0 Å². The Kier molecular flexibility index (Phi) is 6.53. The Morgan fingerprint density at radius 1 is 1.37 bits per heavy atom. The van der Waals surface area contributed by atoms with Crippen LogP contribution >= 0.6 is 0 Å². The lowest BCUT2D eigenvalue weighted by molar-refractivity contribution is -0.144. The summed E-state index contributed by atoms with van der Waals surface area (Å²) in [6.45, 7) is 7.16. The van der Waals surface area contributed by atoms with E-state index >= 15 is 0 Å². The van der Waals surface area contributed by atoms with Gasteiger partial charge in [0.1, 0.15) is 5.82 Å². The van der Waals surface area contributed by atoms with Crippen molar-refractivity contribution in [2.24, 2.45) is 0 Å². The van der Waals surface area contributed by atoms with Gasteiger partial charge in [-0.05, 0) is 51.2 Å². The standard InChI is InChI=1S/C20H30N4O3/c1-3-27-18(25)14-15(2)24-13-12-23(20(24)26)11-5-7-17-9-8-16-6-4-10-21-19(16)22-17/h8-9,15H,3-7,10-14H2,1-2H3,(H,21,22)/t15-/m1/s1. The molecule has 1 atom stereocenters. The van der Waals surface area contributed by atoms with Crippen LogP contribution in [0.3, 0.4) is 0 Å². The van der Waals surface area contributed by atoms with Crippen molar-refractivity contribution in [2.45, 2.75) is 52.0 Å². The predicted octanol–water partition coefficient (Wildman–Crippen LogP) is 2.45. The Balaban J connectivity index is 1.45. The molecule has 0 unspecified atom stereocenters. The zero-order chi connectivity index (χ0) is 19.2. The molecule has 3 heterocycles. The van der Waals surface area contributed by atoms with E-state index in [2.05, 4.69) is 17.4 Å². The summed E-state index contributed by atoms with van der Waals surface area (Å²) in [6, 6.07) is 4.16. The van der Waals surface area contributed by atoms with Crippen LogP contribution in [0.15, 0.2) is 12.1 Å². The number of urea groups is 1. The van der Waals surface area contributed by atoms with E-state index in [1.54, 1.807) is 11.8 Å². The van der Waals surface area contributed by atoms with Gasteiger partial charge < -0.3 is 19.9 Å². The number of pyridine rings is 1. The number of fused-ring (bicyclic) bond motifs is 1. The molecule has 0 aliphatic carbocycles. The molecular weight excluding hydrogens is 344 g/mol. The van der Waals surface area contributed by atoms with Gasteiger partial charge >= 0.3 is 12.0 Å². The van der Waals surface area contributed by atoms with E-state index in [1.807, 2.05) is 11.8 Å². The topological polar surface area (TPSA) is 74.8 Å². The first-order valence-corrected chi connectivity index (χ1v) is 10.0. The fourth-order valence-electron chi connectivity index (χ4n) is 3.75. The number of carbonyl (C=O) groups is 2. The number of hydrogen-bond acceptors (Lipinski definition) is 5. The summed E-state index contributed by atoms with van der Waals surface area (Å²) in [5.74, 6) is 0.776. The van der Waals surface area contributed by atoms with Crippen molar-refractivity contribution in [1.29, 1.82) is 0 Å². The first kappa shape index (κ1) is 19.5. The average Bonchev–Trinajstić information content (AvgIpc) is 3.02. The van der Waals surface area contributed by atoms with Crippen LogP contribution in [0.4, 0.5) is 10.6 Å². The third-order valence-electron chi connectivity index (χ3n) is 5.24. The first-order valence-electron chi connectivity index (χ1n) is 10.0.